The first-order chi connectivity index (χ1) is 16.9. The van der Waals surface area contributed by atoms with E-state index in [1.165, 1.54) is 0 Å². The molecule has 4 unspecified atom stereocenters. The predicted octanol–water partition coefficient (Wildman–Crippen LogP) is 2.14. The zero-order valence-corrected chi connectivity index (χ0v) is 20.7. The highest BCUT2D eigenvalue weighted by Crippen LogP contribution is 2.47. The van der Waals surface area contributed by atoms with Crippen LogP contribution in [0.1, 0.15) is 57.4 Å². The molecule has 1 saturated carbocycles. The number of hydrogen-bond donors (Lipinski definition) is 3. The Labute approximate surface area is 207 Å². The minimum atomic E-state index is -0.988. The second kappa shape index (κ2) is 11.5. The van der Waals surface area contributed by atoms with Gasteiger partial charge in [-0.05, 0) is 45.3 Å². The number of aliphatic hydroxyl groups excluding tert-OH is 2. The summed E-state index contributed by atoms with van der Waals surface area (Å²) >= 11 is 0. The Hall–Kier alpha value is -2.42. The van der Waals surface area contributed by atoms with Gasteiger partial charge in [0, 0.05) is 36.8 Å². The molecule has 1 aromatic carbocycles. The summed E-state index contributed by atoms with van der Waals surface area (Å²) in [6.07, 6.45) is 4.58. The van der Waals surface area contributed by atoms with Crippen molar-refractivity contribution in [1.82, 2.24) is 10.2 Å². The second-order valence-corrected chi connectivity index (χ2v) is 9.97. The molecule has 0 radical (unpaired) electrons. The third kappa shape index (κ3) is 5.55. The third-order valence-corrected chi connectivity index (χ3v) is 7.22. The molecule has 3 aliphatic rings. The average molecular weight is 487 g/mol. The zero-order valence-electron chi connectivity index (χ0n) is 20.7. The fourth-order valence-corrected chi connectivity index (χ4v) is 5.56. The van der Waals surface area contributed by atoms with Crippen molar-refractivity contribution in [1.29, 1.82) is 0 Å². The molecule has 2 aliphatic carbocycles. The molecule has 4 rings (SSSR count). The van der Waals surface area contributed by atoms with E-state index in [9.17, 15) is 19.8 Å². The Morgan fingerprint density at radius 1 is 1.23 bits per heavy atom. The van der Waals surface area contributed by atoms with Crippen molar-refractivity contribution >= 4 is 11.8 Å². The van der Waals surface area contributed by atoms with Crippen LogP contribution in [0, 0.1) is 5.92 Å². The molecule has 3 N–H and O–H groups in total. The Bertz CT molecular complexity index is 926. The van der Waals surface area contributed by atoms with Gasteiger partial charge in [-0.25, -0.2) is 0 Å². The number of carbonyl (C=O) groups excluding carboxylic acids is 2. The summed E-state index contributed by atoms with van der Waals surface area (Å²) in [6, 6.07) is 6.80. The van der Waals surface area contributed by atoms with Crippen LogP contribution in [-0.2, 0) is 14.3 Å². The zero-order chi connectivity index (χ0) is 24.9. The molecule has 0 spiro atoms. The third-order valence-electron chi connectivity index (χ3n) is 7.22. The maximum absolute atomic E-state index is 13.6. The van der Waals surface area contributed by atoms with Gasteiger partial charge in [0.25, 0.3) is 0 Å². The van der Waals surface area contributed by atoms with Gasteiger partial charge in [-0.3, -0.25) is 9.59 Å². The van der Waals surface area contributed by atoms with Crippen molar-refractivity contribution in [3.05, 3.63) is 41.5 Å². The fraction of sp³-hybridized carbons (Fsp3) is 0.630. The van der Waals surface area contributed by atoms with Crippen LogP contribution in [0.5, 0.6) is 5.75 Å². The Balaban J connectivity index is 1.66. The van der Waals surface area contributed by atoms with E-state index in [1.54, 1.807) is 11.0 Å². The minimum Gasteiger partial charge on any atom is -0.486 e. The van der Waals surface area contributed by atoms with Gasteiger partial charge in [0.15, 0.2) is 0 Å². The number of carbonyl (C=O) groups is 2. The molecule has 1 aromatic rings. The fourth-order valence-electron chi connectivity index (χ4n) is 5.56. The molecule has 8 nitrogen and oxygen atoms in total. The van der Waals surface area contributed by atoms with E-state index in [1.807, 2.05) is 38.1 Å². The van der Waals surface area contributed by atoms with E-state index < -0.39 is 24.2 Å². The predicted molar refractivity (Wildman–Crippen MR) is 131 cm³/mol. The quantitative estimate of drug-likeness (QED) is 0.438. The lowest BCUT2D eigenvalue weighted by atomic mass is 9.77. The number of hydrogen-bond acceptors (Lipinski definition) is 6. The van der Waals surface area contributed by atoms with Crippen LogP contribution in [0.3, 0.4) is 0 Å². The standard InChI is InChI=1S/C27H38N2O6/c1-17(2)34-15-7-13-29(27(33)18-8-3-4-9-18)21-16-20(26(32)28-12-14-30)23-19-10-5-6-11-22(19)35-25(23)24(21)31/h5-6,10-11,16-18,21,23-25,30-31H,3-4,7-9,12-15H2,1-2H3,(H,28,32). The smallest absolute Gasteiger partial charge is 0.247 e. The van der Waals surface area contributed by atoms with Gasteiger partial charge < -0.3 is 29.9 Å². The summed E-state index contributed by atoms with van der Waals surface area (Å²) in [5.41, 5.74) is 1.31. The number of fused-ring (bicyclic) bond motifs is 3. The molecule has 35 heavy (non-hydrogen) atoms. The van der Waals surface area contributed by atoms with Gasteiger partial charge in [-0.1, -0.05) is 31.0 Å². The molecule has 1 fully saturated rings. The normalized spacial score (nSPS) is 25.6. The van der Waals surface area contributed by atoms with E-state index in [4.69, 9.17) is 9.47 Å². The van der Waals surface area contributed by atoms with E-state index in [0.29, 0.717) is 30.9 Å². The second-order valence-electron chi connectivity index (χ2n) is 9.97. The van der Waals surface area contributed by atoms with Crippen molar-refractivity contribution in [3.63, 3.8) is 0 Å². The molecule has 0 saturated heterocycles. The van der Waals surface area contributed by atoms with E-state index >= 15 is 0 Å². The van der Waals surface area contributed by atoms with Gasteiger partial charge in [-0.15, -0.1) is 0 Å². The van der Waals surface area contributed by atoms with E-state index in [0.717, 1.165) is 31.2 Å². The summed E-state index contributed by atoms with van der Waals surface area (Å²) in [5, 5.41) is 23.5. The lowest BCUT2D eigenvalue weighted by Crippen LogP contribution is -2.57. The van der Waals surface area contributed by atoms with Crippen LogP contribution >= 0.6 is 0 Å². The summed E-state index contributed by atoms with van der Waals surface area (Å²) < 4.78 is 11.9. The van der Waals surface area contributed by atoms with Gasteiger partial charge in [0.05, 0.1) is 24.7 Å². The maximum Gasteiger partial charge on any atom is 0.247 e. The van der Waals surface area contributed by atoms with Crippen molar-refractivity contribution in [2.24, 2.45) is 5.92 Å². The number of benzene rings is 1. The highest BCUT2D eigenvalue weighted by atomic mass is 16.5. The van der Waals surface area contributed by atoms with Gasteiger partial charge in [0.1, 0.15) is 18.0 Å². The summed E-state index contributed by atoms with van der Waals surface area (Å²) in [4.78, 5) is 28.6. The van der Waals surface area contributed by atoms with Crippen molar-refractivity contribution in [3.8, 4) is 5.75 Å². The maximum atomic E-state index is 13.6. The van der Waals surface area contributed by atoms with Crippen molar-refractivity contribution in [2.75, 3.05) is 26.3 Å². The molecule has 4 atom stereocenters. The largest absolute Gasteiger partial charge is 0.486 e. The molecule has 0 aromatic heterocycles. The monoisotopic (exact) mass is 486 g/mol. The molecule has 1 heterocycles. The molecule has 8 heteroatoms. The molecular weight excluding hydrogens is 448 g/mol. The van der Waals surface area contributed by atoms with Gasteiger partial charge >= 0.3 is 0 Å². The lowest BCUT2D eigenvalue weighted by molar-refractivity contribution is -0.141. The number of nitrogens with one attached hydrogen (secondary N) is 1. The average Bonchev–Trinajstić information content (AvgIpc) is 3.52. The molecule has 192 valence electrons. The Kier molecular flexibility index (Phi) is 8.46. The summed E-state index contributed by atoms with van der Waals surface area (Å²) in [5.74, 6) is -0.155. The molecule has 2 amide bonds. The number of para-hydroxylation sites is 1. The van der Waals surface area contributed by atoms with Gasteiger partial charge in [0.2, 0.25) is 11.8 Å². The van der Waals surface area contributed by atoms with Crippen LogP contribution < -0.4 is 10.1 Å². The number of ether oxygens (including phenoxy) is 2. The van der Waals surface area contributed by atoms with E-state index in [2.05, 4.69) is 5.32 Å². The Morgan fingerprint density at radius 3 is 2.69 bits per heavy atom. The molecule has 1 aliphatic heterocycles. The molecule has 0 bridgehead atoms. The van der Waals surface area contributed by atoms with E-state index in [-0.39, 0.29) is 37.0 Å². The summed E-state index contributed by atoms with van der Waals surface area (Å²) in [6.45, 7) is 4.84. The van der Waals surface area contributed by atoms with Crippen LogP contribution in [-0.4, -0.2) is 77.6 Å². The van der Waals surface area contributed by atoms with Crippen LogP contribution in [0.2, 0.25) is 0 Å². The Morgan fingerprint density at radius 2 is 1.97 bits per heavy atom. The first kappa shape index (κ1) is 25.7. The molecular formula is C27H38N2O6. The topological polar surface area (TPSA) is 108 Å². The van der Waals surface area contributed by atoms with Crippen molar-refractivity contribution in [2.45, 2.75) is 76.2 Å². The number of aliphatic hydroxyl groups is 2. The van der Waals surface area contributed by atoms with Gasteiger partial charge in [-0.2, -0.15) is 0 Å². The van der Waals surface area contributed by atoms with Crippen molar-refractivity contribution < 1.29 is 29.3 Å². The minimum absolute atomic E-state index is 0.0245. The highest BCUT2D eigenvalue weighted by molar-refractivity contribution is 5.96. The highest BCUT2D eigenvalue weighted by Gasteiger charge is 2.50. The number of nitrogens with zero attached hydrogens (tertiary/aromatic N) is 1. The number of amides is 2. The summed E-state index contributed by atoms with van der Waals surface area (Å²) in [7, 11) is 0. The SMILES string of the molecule is CC(C)OCCCN(C(=O)C1CCCC1)C1C=C(C(=O)NCCO)C2c3ccccc3OC2C1O. The first-order valence-corrected chi connectivity index (χ1v) is 12.9. The first-order valence-electron chi connectivity index (χ1n) is 12.9. The number of rotatable bonds is 10. The van der Waals surface area contributed by atoms with Crippen LogP contribution in [0.15, 0.2) is 35.9 Å². The van der Waals surface area contributed by atoms with Crippen LogP contribution in [0.25, 0.3) is 0 Å². The van der Waals surface area contributed by atoms with Crippen LogP contribution in [0.4, 0.5) is 0 Å². The lowest BCUT2D eigenvalue weighted by Gasteiger charge is -2.41.